The van der Waals surface area contributed by atoms with Crippen LogP contribution in [-0.2, 0) is 0 Å². The van der Waals surface area contributed by atoms with E-state index in [1.165, 1.54) is 13.2 Å². The van der Waals surface area contributed by atoms with E-state index in [1.807, 2.05) is 13.0 Å². The summed E-state index contributed by atoms with van der Waals surface area (Å²) in [6.07, 6.45) is 0. The van der Waals surface area contributed by atoms with E-state index in [9.17, 15) is 4.39 Å². The second kappa shape index (κ2) is 5.59. The predicted molar refractivity (Wildman–Crippen MR) is 77.4 cm³/mol. The Hall–Kier alpha value is -0.580. The molecule has 2 rings (SSSR count). The number of hydrogen-bond donors (Lipinski definition) is 0. The largest absolute Gasteiger partial charge is 0.494 e. The highest BCUT2D eigenvalue weighted by Crippen LogP contribution is 2.38. The first-order chi connectivity index (χ1) is 8.52. The summed E-state index contributed by atoms with van der Waals surface area (Å²) in [5, 5.41) is -0.354. The number of halogens is 3. The Labute approximate surface area is 123 Å². The van der Waals surface area contributed by atoms with Gasteiger partial charge in [0.15, 0.2) is 11.6 Å². The van der Waals surface area contributed by atoms with Gasteiger partial charge in [-0.2, -0.15) is 0 Å². The van der Waals surface area contributed by atoms with Gasteiger partial charge in [-0.3, -0.25) is 0 Å². The highest BCUT2D eigenvalue weighted by atomic mass is 79.9. The van der Waals surface area contributed by atoms with E-state index in [-0.39, 0.29) is 11.1 Å². The molecule has 5 heteroatoms. The summed E-state index contributed by atoms with van der Waals surface area (Å²) < 4.78 is 19.6. The standard InChI is InChI=1S/C13H11BrClFOS/c1-7-9(6-12(14)18-7)13(15)8-3-4-11(17-2)10(16)5-8/h3-6,13H,1-2H3. The summed E-state index contributed by atoms with van der Waals surface area (Å²) in [5.41, 5.74) is 1.72. The Balaban J connectivity index is 2.37. The number of hydrogen-bond acceptors (Lipinski definition) is 2. The zero-order chi connectivity index (χ0) is 13.3. The molecule has 0 aliphatic heterocycles. The van der Waals surface area contributed by atoms with Gasteiger partial charge in [-0.25, -0.2) is 4.39 Å². The van der Waals surface area contributed by atoms with Crippen LogP contribution in [0, 0.1) is 12.7 Å². The summed E-state index contributed by atoms with van der Waals surface area (Å²) in [7, 11) is 1.44. The van der Waals surface area contributed by atoms with E-state index in [2.05, 4.69) is 15.9 Å². The number of ether oxygens (including phenoxy) is 1. The predicted octanol–water partition coefficient (Wildman–Crippen LogP) is 5.29. The molecule has 0 fully saturated rings. The van der Waals surface area contributed by atoms with Gasteiger partial charge in [-0.15, -0.1) is 22.9 Å². The van der Waals surface area contributed by atoms with Gasteiger partial charge in [0.1, 0.15) is 0 Å². The van der Waals surface area contributed by atoms with Gasteiger partial charge in [0.25, 0.3) is 0 Å². The van der Waals surface area contributed by atoms with Crippen LogP contribution in [0.5, 0.6) is 5.75 Å². The molecule has 1 nitrogen and oxygen atoms in total. The van der Waals surface area contributed by atoms with Crippen molar-refractivity contribution < 1.29 is 9.13 Å². The first-order valence-electron chi connectivity index (χ1n) is 5.26. The maximum atomic E-state index is 13.6. The Morgan fingerprint density at radius 2 is 2.11 bits per heavy atom. The van der Waals surface area contributed by atoms with Crippen molar-refractivity contribution in [1.29, 1.82) is 0 Å². The second-order valence-electron chi connectivity index (χ2n) is 3.82. The molecule has 96 valence electrons. The lowest BCUT2D eigenvalue weighted by molar-refractivity contribution is 0.386. The van der Waals surface area contributed by atoms with Crippen molar-refractivity contribution in [2.75, 3.05) is 7.11 Å². The quantitative estimate of drug-likeness (QED) is 0.684. The van der Waals surface area contributed by atoms with E-state index < -0.39 is 5.82 Å². The highest BCUT2D eigenvalue weighted by molar-refractivity contribution is 9.11. The SMILES string of the molecule is COc1ccc(C(Cl)c2cc(Br)sc2C)cc1F. The minimum absolute atomic E-state index is 0.228. The number of methoxy groups -OCH3 is 1. The van der Waals surface area contributed by atoms with Crippen molar-refractivity contribution in [3.05, 3.63) is 49.9 Å². The minimum Gasteiger partial charge on any atom is -0.494 e. The molecule has 1 aromatic carbocycles. The summed E-state index contributed by atoms with van der Waals surface area (Å²) >= 11 is 11.4. The van der Waals surface area contributed by atoms with Gasteiger partial charge >= 0.3 is 0 Å². The fourth-order valence-electron chi connectivity index (χ4n) is 1.73. The van der Waals surface area contributed by atoms with Crippen LogP contribution in [0.25, 0.3) is 0 Å². The van der Waals surface area contributed by atoms with E-state index in [4.69, 9.17) is 16.3 Å². The van der Waals surface area contributed by atoms with Crippen LogP contribution < -0.4 is 4.74 Å². The smallest absolute Gasteiger partial charge is 0.165 e. The van der Waals surface area contributed by atoms with Crippen molar-refractivity contribution in [2.24, 2.45) is 0 Å². The number of thiophene rings is 1. The van der Waals surface area contributed by atoms with Gasteiger partial charge < -0.3 is 4.74 Å². The first kappa shape index (κ1) is 13.8. The molecule has 0 amide bonds. The summed E-state index contributed by atoms with van der Waals surface area (Å²) in [5.74, 6) is -0.168. The lowest BCUT2D eigenvalue weighted by atomic mass is 10.1. The molecular weight excluding hydrogens is 339 g/mol. The van der Waals surface area contributed by atoms with Crippen LogP contribution in [0.15, 0.2) is 28.1 Å². The molecule has 1 unspecified atom stereocenters. The maximum absolute atomic E-state index is 13.6. The molecule has 2 aromatic rings. The van der Waals surface area contributed by atoms with E-state index in [0.717, 1.165) is 19.8 Å². The second-order valence-corrected chi connectivity index (χ2v) is 6.89. The average Bonchev–Trinajstić information content (AvgIpc) is 2.67. The van der Waals surface area contributed by atoms with Crippen LogP contribution in [-0.4, -0.2) is 7.11 Å². The average molecular weight is 350 g/mol. The third-order valence-corrected chi connectivity index (χ3v) is 4.72. The van der Waals surface area contributed by atoms with Gasteiger partial charge in [0.05, 0.1) is 16.3 Å². The first-order valence-corrected chi connectivity index (χ1v) is 7.31. The monoisotopic (exact) mass is 348 g/mol. The third-order valence-electron chi connectivity index (χ3n) is 2.67. The van der Waals surface area contributed by atoms with Crippen LogP contribution in [0.2, 0.25) is 0 Å². The molecule has 1 atom stereocenters. The summed E-state index contributed by atoms with van der Waals surface area (Å²) in [6.45, 7) is 2.00. The molecule has 1 aromatic heterocycles. The molecule has 0 aliphatic carbocycles. The fraction of sp³-hybridized carbons (Fsp3) is 0.231. The Kier molecular flexibility index (Phi) is 4.30. The van der Waals surface area contributed by atoms with E-state index in [0.29, 0.717) is 0 Å². The molecule has 0 N–H and O–H groups in total. The fourth-order valence-corrected chi connectivity index (χ4v) is 3.91. The molecular formula is C13H11BrClFOS. The normalized spacial score (nSPS) is 12.5. The maximum Gasteiger partial charge on any atom is 0.165 e. The van der Waals surface area contributed by atoms with Crippen molar-refractivity contribution in [3.63, 3.8) is 0 Å². The van der Waals surface area contributed by atoms with E-state index in [1.54, 1.807) is 23.5 Å². The molecule has 0 radical (unpaired) electrons. The van der Waals surface area contributed by atoms with Crippen molar-refractivity contribution in [3.8, 4) is 5.75 Å². The van der Waals surface area contributed by atoms with Crippen LogP contribution in [0.4, 0.5) is 4.39 Å². The number of benzene rings is 1. The lowest BCUT2D eigenvalue weighted by Crippen LogP contribution is -1.96. The molecule has 0 saturated carbocycles. The van der Waals surface area contributed by atoms with Gasteiger partial charge in [-0.05, 0) is 52.2 Å². The zero-order valence-corrected chi connectivity index (χ0v) is 13.0. The molecule has 0 spiro atoms. The Morgan fingerprint density at radius 3 is 2.61 bits per heavy atom. The Bertz CT molecular complexity index is 570. The summed E-state index contributed by atoms with van der Waals surface area (Å²) in [4.78, 5) is 1.12. The number of aryl methyl sites for hydroxylation is 1. The van der Waals surface area contributed by atoms with Crippen molar-refractivity contribution in [1.82, 2.24) is 0 Å². The minimum atomic E-state index is -0.396. The zero-order valence-electron chi connectivity index (χ0n) is 9.84. The molecule has 0 bridgehead atoms. The molecule has 0 saturated heterocycles. The van der Waals surface area contributed by atoms with Crippen LogP contribution in [0.3, 0.4) is 0 Å². The van der Waals surface area contributed by atoms with Gasteiger partial charge in [0, 0.05) is 4.88 Å². The van der Waals surface area contributed by atoms with Crippen LogP contribution >= 0.6 is 38.9 Å². The topological polar surface area (TPSA) is 9.23 Å². The number of alkyl halides is 1. The van der Waals surface area contributed by atoms with Crippen molar-refractivity contribution in [2.45, 2.75) is 12.3 Å². The third kappa shape index (κ3) is 2.71. The van der Waals surface area contributed by atoms with E-state index >= 15 is 0 Å². The Morgan fingerprint density at radius 1 is 1.39 bits per heavy atom. The summed E-state index contributed by atoms with van der Waals surface area (Å²) in [6, 6.07) is 6.77. The molecule has 1 heterocycles. The lowest BCUT2D eigenvalue weighted by Gasteiger charge is -2.11. The molecule has 0 aliphatic rings. The van der Waals surface area contributed by atoms with Gasteiger partial charge in [-0.1, -0.05) is 6.07 Å². The van der Waals surface area contributed by atoms with Crippen molar-refractivity contribution >= 4 is 38.9 Å². The molecule has 18 heavy (non-hydrogen) atoms. The highest BCUT2D eigenvalue weighted by Gasteiger charge is 2.17. The number of rotatable bonds is 3. The van der Waals surface area contributed by atoms with Crippen LogP contribution in [0.1, 0.15) is 21.4 Å². The van der Waals surface area contributed by atoms with Gasteiger partial charge in [0.2, 0.25) is 0 Å².